The molecule has 1 fully saturated rings. The largest absolute Gasteiger partial charge is 0.495 e. The first-order chi connectivity index (χ1) is 10.0. The fraction of sp³-hybridized carbons (Fsp3) is 0.385. The fourth-order valence-electron chi connectivity index (χ4n) is 2.15. The van der Waals surface area contributed by atoms with Gasteiger partial charge in [0.25, 0.3) is 5.69 Å². The maximum Gasteiger partial charge on any atom is 0.271 e. The summed E-state index contributed by atoms with van der Waals surface area (Å²) in [6.07, 6.45) is 1.17. The molecule has 1 saturated heterocycles. The third kappa shape index (κ3) is 3.28. The van der Waals surface area contributed by atoms with Crippen molar-refractivity contribution in [2.75, 3.05) is 19.0 Å². The van der Waals surface area contributed by atoms with Gasteiger partial charge in [-0.25, -0.2) is 0 Å². The normalized spacial score (nSPS) is 17.8. The van der Waals surface area contributed by atoms with E-state index in [1.807, 2.05) is 0 Å². The molecule has 0 saturated carbocycles. The van der Waals surface area contributed by atoms with Crippen molar-refractivity contribution < 1.29 is 19.2 Å². The maximum atomic E-state index is 12.1. The second kappa shape index (κ2) is 6.21. The number of nitro benzene ring substituents is 1. The summed E-state index contributed by atoms with van der Waals surface area (Å²) in [4.78, 5) is 34.0. The summed E-state index contributed by atoms with van der Waals surface area (Å²) in [5.74, 6) is -1.32. The van der Waals surface area contributed by atoms with Gasteiger partial charge in [-0.05, 0) is 18.9 Å². The van der Waals surface area contributed by atoms with E-state index in [-0.39, 0.29) is 17.3 Å². The van der Waals surface area contributed by atoms with E-state index in [1.54, 1.807) is 0 Å². The second-order valence-electron chi connectivity index (χ2n) is 4.62. The third-order valence-corrected chi connectivity index (χ3v) is 3.25. The van der Waals surface area contributed by atoms with Gasteiger partial charge in [0.2, 0.25) is 11.8 Å². The van der Waals surface area contributed by atoms with E-state index in [0.29, 0.717) is 18.7 Å². The van der Waals surface area contributed by atoms with Crippen LogP contribution in [0.1, 0.15) is 12.8 Å². The van der Waals surface area contributed by atoms with E-state index in [0.717, 1.165) is 6.42 Å². The zero-order chi connectivity index (χ0) is 15.4. The summed E-state index contributed by atoms with van der Waals surface area (Å²) < 4.78 is 5.06. The van der Waals surface area contributed by atoms with Crippen molar-refractivity contribution in [2.45, 2.75) is 12.8 Å². The minimum absolute atomic E-state index is 0.167. The van der Waals surface area contributed by atoms with Crippen LogP contribution < -0.4 is 15.4 Å². The first-order valence-corrected chi connectivity index (χ1v) is 6.44. The lowest BCUT2D eigenvalue weighted by Crippen LogP contribution is -2.42. The zero-order valence-electron chi connectivity index (χ0n) is 11.4. The number of nitrogens with zero attached hydrogens (tertiary/aromatic N) is 1. The quantitative estimate of drug-likeness (QED) is 0.490. The van der Waals surface area contributed by atoms with E-state index < -0.39 is 16.7 Å². The number of hydrogen-bond acceptors (Lipinski definition) is 5. The molecular formula is C13H15N3O5. The van der Waals surface area contributed by atoms with Crippen LogP contribution in [0.25, 0.3) is 0 Å². The number of nitrogens with one attached hydrogen (secondary N) is 2. The molecule has 2 N–H and O–H groups in total. The number of methoxy groups -OCH3 is 1. The lowest BCUT2D eigenvalue weighted by atomic mass is 9.97. The SMILES string of the molecule is COc1ccc([N+](=O)[O-])cc1NC(=O)[C@@H]1CCCNC1=O. The van der Waals surface area contributed by atoms with Crippen LogP contribution >= 0.6 is 0 Å². The number of benzene rings is 1. The monoisotopic (exact) mass is 293 g/mol. The Hall–Kier alpha value is -2.64. The van der Waals surface area contributed by atoms with Crippen LogP contribution in [0.4, 0.5) is 11.4 Å². The number of anilines is 1. The number of non-ortho nitro benzene ring substituents is 1. The Morgan fingerprint density at radius 3 is 2.90 bits per heavy atom. The van der Waals surface area contributed by atoms with Gasteiger partial charge in [0.15, 0.2) is 0 Å². The molecule has 2 rings (SSSR count). The highest BCUT2D eigenvalue weighted by molar-refractivity contribution is 6.07. The van der Waals surface area contributed by atoms with E-state index in [2.05, 4.69) is 10.6 Å². The predicted molar refractivity (Wildman–Crippen MR) is 74.0 cm³/mol. The summed E-state index contributed by atoms with van der Waals surface area (Å²) in [5.41, 5.74) is 0.00858. The van der Waals surface area contributed by atoms with Crippen molar-refractivity contribution in [1.29, 1.82) is 0 Å². The highest BCUT2D eigenvalue weighted by Gasteiger charge is 2.29. The average Bonchev–Trinajstić information content (AvgIpc) is 2.47. The maximum absolute atomic E-state index is 12.1. The topological polar surface area (TPSA) is 111 Å². The van der Waals surface area contributed by atoms with Gasteiger partial charge in [0, 0.05) is 18.7 Å². The van der Waals surface area contributed by atoms with Crippen molar-refractivity contribution in [3.8, 4) is 5.75 Å². The molecule has 0 bridgehead atoms. The Labute approximate surface area is 120 Å². The molecule has 1 aromatic rings. The van der Waals surface area contributed by atoms with Crippen LogP contribution in [-0.4, -0.2) is 30.4 Å². The predicted octanol–water partition coefficient (Wildman–Crippen LogP) is 1.07. The first-order valence-electron chi connectivity index (χ1n) is 6.44. The summed E-state index contributed by atoms with van der Waals surface area (Å²) in [6.45, 7) is 0.558. The minimum Gasteiger partial charge on any atom is -0.495 e. The summed E-state index contributed by atoms with van der Waals surface area (Å²) in [6, 6.07) is 3.88. The second-order valence-corrected chi connectivity index (χ2v) is 4.62. The number of piperidine rings is 1. The molecule has 1 aromatic carbocycles. The van der Waals surface area contributed by atoms with Crippen LogP contribution in [0.5, 0.6) is 5.75 Å². The van der Waals surface area contributed by atoms with Crippen LogP contribution in [0.2, 0.25) is 0 Å². The smallest absolute Gasteiger partial charge is 0.271 e. The molecule has 21 heavy (non-hydrogen) atoms. The third-order valence-electron chi connectivity index (χ3n) is 3.25. The first kappa shape index (κ1) is 14.8. The Morgan fingerprint density at radius 1 is 1.52 bits per heavy atom. The molecule has 2 amide bonds. The van der Waals surface area contributed by atoms with Crippen LogP contribution in [0.15, 0.2) is 18.2 Å². The standard InChI is InChI=1S/C13H15N3O5/c1-21-11-5-4-8(16(19)20)7-10(11)15-13(18)9-3-2-6-14-12(9)17/h4-5,7,9H,2-3,6H2,1H3,(H,14,17)(H,15,18)/t9-/m1/s1. The number of carbonyl (C=O) groups excluding carboxylic acids is 2. The van der Waals surface area contributed by atoms with Gasteiger partial charge >= 0.3 is 0 Å². The van der Waals surface area contributed by atoms with Crippen molar-refractivity contribution in [3.63, 3.8) is 0 Å². The van der Waals surface area contributed by atoms with Crippen LogP contribution in [0.3, 0.4) is 0 Å². The van der Waals surface area contributed by atoms with Crippen LogP contribution in [-0.2, 0) is 9.59 Å². The summed E-state index contributed by atoms with van der Waals surface area (Å²) >= 11 is 0. The summed E-state index contributed by atoms with van der Waals surface area (Å²) in [7, 11) is 1.39. The van der Waals surface area contributed by atoms with Crippen molar-refractivity contribution in [1.82, 2.24) is 5.32 Å². The van der Waals surface area contributed by atoms with E-state index >= 15 is 0 Å². The van der Waals surface area contributed by atoms with Gasteiger partial charge in [-0.15, -0.1) is 0 Å². The Morgan fingerprint density at radius 2 is 2.29 bits per heavy atom. The molecule has 0 aliphatic carbocycles. The number of hydrogen-bond donors (Lipinski definition) is 2. The summed E-state index contributed by atoms with van der Waals surface area (Å²) in [5, 5.41) is 15.9. The van der Waals surface area contributed by atoms with Crippen LogP contribution in [0, 0.1) is 16.0 Å². The molecule has 1 atom stereocenters. The molecule has 0 spiro atoms. The molecule has 1 aliphatic heterocycles. The van der Waals surface area contributed by atoms with Gasteiger partial charge in [0.1, 0.15) is 11.7 Å². The fourth-order valence-corrected chi connectivity index (χ4v) is 2.15. The number of ether oxygens (including phenoxy) is 1. The average molecular weight is 293 g/mol. The van der Waals surface area contributed by atoms with E-state index in [4.69, 9.17) is 4.74 Å². The molecule has 0 aromatic heterocycles. The molecular weight excluding hydrogens is 278 g/mol. The van der Waals surface area contributed by atoms with Gasteiger partial charge in [-0.3, -0.25) is 19.7 Å². The Kier molecular flexibility index (Phi) is 4.36. The van der Waals surface area contributed by atoms with Crippen molar-refractivity contribution in [3.05, 3.63) is 28.3 Å². The molecule has 0 unspecified atom stereocenters. The van der Waals surface area contributed by atoms with Gasteiger partial charge in [-0.2, -0.15) is 0 Å². The van der Waals surface area contributed by atoms with Gasteiger partial charge in [-0.1, -0.05) is 0 Å². The highest BCUT2D eigenvalue weighted by Crippen LogP contribution is 2.29. The molecule has 0 radical (unpaired) electrons. The molecule has 8 nitrogen and oxygen atoms in total. The lowest BCUT2D eigenvalue weighted by molar-refractivity contribution is -0.384. The van der Waals surface area contributed by atoms with E-state index in [9.17, 15) is 19.7 Å². The number of rotatable bonds is 4. The molecule has 112 valence electrons. The van der Waals surface area contributed by atoms with Gasteiger partial charge < -0.3 is 15.4 Å². The Balaban J connectivity index is 2.21. The zero-order valence-corrected chi connectivity index (χ0v) is 11.4. The van der Waals surface area contributed by atoms with E-state index in [1.165, 1.54) is 25.3 Å². The number of carbonyl (C=O) groups is 2. The molecule has 1 aliphatic rings. The lowest BCUT2D eigenvalue weighted by Gasteiger charge is -2.21. The van der Waals surface area contributed by atoms with Crippen molar-refractivity contribution >= 4 is 23.2 Å². The Bertz CT molecular complexity index is 587. The highest BCUT2D eigenvalue weighted by atomic mass is 16.6. The number of amides is 2. The minimum atomic E-state index is -0.789. The molecule has 8 heteroatoms. The number of nitro groups is 1. The van der Waals surface area contributed by atoms with Crippen molar-refractivity contribution in [2.24, 2.45) is 5.92 Å². The molecule has 1 heterocycles. The van der Waals surface area contributed by atoms with Gasteiger partial charge in [0.05, 0.1) is 17.7 Å².